The van der Waals surface area contributed by atoms with E-state index in [9.17, 15) is 9.59 Å². The molecule has 2 aromatic heterocycles. The normalized spacial score (nSPS) is 16.3. The minimum absolute atomic E-state index is 0.0360. The fourth-order valence-corrected chi connectivity index (χ4v) is 3.70. The second-order valence-electron chi connectivity index (χ2n) is 6.91. The van der Waals surface area contributed by atoms with Crippen LogP contribution in [-0.4, -0.2) is 49.9 Å². The van der Waals surface area contributed by atoms with Crippen molar-refractivity contribution >= 4 is 29.0 Å². The minimum atomic E-state index is -0.174. The molecular formula is C21H20N6O2. The molecule has 8 nitrogen and oxygen atoms in total. The van der Waals surface area contributed by atoms with Gasteiger partial charge in [-0.1, -0.05) is 30.2 Å². The van der Waals surface area contributed by atoms with Gasteiger partial charge in [0.25, 0.3) is 5.91 Å². The summed E-state index contributed by atoms with van der Waals surface area (Å²) in [5.74, 6) is 5.44. The van der Waals surface area contributed by atoms with Gasteiger partial charge in [0, 0.05) is 24.2 Å². The quantitative estimate of drug-likeness (QED) is 0.544. The summed E-state index contributed by atoms with van der Waals surface area (Å²) in [6.07, 6.45) is 3.94. The van der Waals surface area contributed by atoms with Gasteiger partial charge in [-0.3, -0.25) is 9.59 Å². The highest BCUT2D eigenvalue weighted by Gasteiger charge is 2.28. The smallest absolute Gasteiger partial charge is 0.298 e. The maximum atomic E-state index is 12.2. The third-order valence-electron chi connectivity index (χ3n) is 5.10. The number of hydrogen-bond donors (Lipinski definition) is 1. The van der Waals surface area contributed by atoms with E-state index in [1.165, 1.54) is 6.33 Å². The summed E-state index contributed by atoms with van der Waals surface area (Å²) in [7, 11) is 0. The Hall–Kier alpha value is -3.73. The van der Waals surface area contributed by atoms with E-state index in [-0.39, 0.29) is 11.9 Å². The molecule has 1 aliphatic rings. The lowest BCUT2D eigenvalue weighted by atomic mass is 10.1. The Kier molecular flexibility index (Phi) is 4.96. The molecule has 1 saturated heterocycles. The fourth-order valence-electron chi connectivity index (χ4n) is 3.70. The van der Waals surface area contributed by atoms with Crippen LogP contribution in [0.3, 0.4) is 0 Å². The van der Waals surface area contributed by atoms with E-state index < -0.39 is 0 Å². The van der Waals surface area contributed by atoms with E-state index in [1.807, 2.05) is 16.8 Å². The lowest BCUT2D eigenvalue weighted by Crippen LogP contribution is -2.40. The number of fused-ring (bicyclic) bond motifs is 1. The number of aldehydes is 1. The summed E-state index contributed by atoms with van der Waals surface area (Å²) in [5.41, 5.74) is 8.86. The minimum Gasteiger partial charge on any atom is -0.383 e. The highest BCUT2D eigenvalue weighted by atomic mass is 16.2. The largest absolute Gasteiger partial charge is 0.383 e. The Labute approximate surface area is 167 Å². The van der Waals surface area contributed by atoms with E-state index in [1.54, 1.807) is 24.0 Å². The molecule has 0 aliphatic carbocycles. The average Bonchev–Trinajstić information content (AvgIpc) is 3.15. The van der Waals surface area contributed by atoms with Crippen LogP contribution in [0.5, 0.6) is 0 Å². The topological polar surface area (TPSA) is 107 Å². The van der Waals surface area contributed by atoms with E-state index in [2.05, 4.69) is 21.8 Å². The number of hydrogen-bond acceptors (Lipinski definition) is 6. The second kappa shape index (κ2) is 7.72. The number of carbonyl (C=O) groups excluding carboxylic acids is 2. The number of rotatable bonds is 3. The molecule has 1 amide bonds. The lowest BCUT2D eigenvalue weighted by Gasteiger charge is -2.31. The average molecular weight is 388 g/mol. The Balaban J connectivity index is 1.79. The van der Waals surface area contributed by atoms with Crippen LogP contribution in [0, 0.1) is 11.8 Å². The Bertz CT molecular complexity index is 1140. The molecule has 1 aliphatic heterocycles. The summed E-state index contributed by atoms with van der Waals surface area (Å²) in [5, 5.41) is 5.48. The van der Waals surface area contributed by atoms with Gasteiger partial charge < -0.3 is 10.6 Å². The molecule has 1 unspecified atom stereocenters. The van der Waals surface area contributed by atoms with Gasteiger partial charge in [-0.05, 0) is 25.7 Å². The fraction of sp³-hybridized carbons (Fsp3) is 0.286. The first-order valence-corrected chi connectivity index (χ1v) is 9.38. The molecule has 1 fully saturated rings. The van der Waals surface area contributed by atoms with Crippen molar-refractivity contribution in [1.29, 1.82) is 0 Å². The SMILES string of the molecule is CC#CC(=O)N1CCCC(n2nc(-c3ccc(C=O)cc3)c3c(N)ncnc32)C1. The van der Waals surface area contributed by atoms with E-state index in [0.717, 1.165) is 24.7 Å². The summed E-state index contributed by atoms with van der Waals surface area (Å²) in [6.45, 7) is 2.85. The number of piperidine rings is 1. The van der Waals surface area contributed by atoms with Gasteiger partial charge in [0.1, 0.15) is 24.1 Å². The zero-order valence-corrected chi connectivity index (χ0v) is 16.0. The number of likely N-dealkylation sites (tertiary alicyclic amines) is 1. The third kappa shape index (κ3) is 3.43. The number of anilines is 1. The molecule has 1 atom stereocenters. The number of aromatic nitrogens is 4. The number of nitrogens with two attached hydrogens (primary N) is 1. The molecular weight excluding hydrogens is 368 g/mol. The predicted molar refractivity (Wildman–Crippen MR) is 109 cm³/mol. The summed E-state index contributed by atoms with van der Waals surface area (Å²) >= 11 is 0. The Morgan fingerprint density at radius 3 is 2.79 bits per heavy atom. The molecule has 8 heteroatoms. The first-order valence-electron chi connectivity index (χ1n) is 9.38. The Morgan fingerprint density at radius 2 is 2.07 bits per heavy atom. The van der Waals surface area contributed by atoms with E-state index in [4.69, 9.17) is 10.8 Å². The molecule has 29 heavy (non-hydrogen) atoms. The van der Waals surface area contributed by atoms with Crippen LogP contribution in [0.25, 0.3) is 22.3 Å². The summed E-state index contributed by atoms with van der Waals surface area (Å²) < 4.78 is 1.84. The molecule has 4 rings (SSSR count). The monoisotopic (exact) mass is 388 g/mol. The maximum Gasteiger partial charge on any atom is 0.298 e. The van der Waals surface area contributed by atoms with Gasteiger partial charge in [0.05, 0.1) is 11.4 Å². The molecule has 3 heterocycles. The number of nitrogen functional groups attached to an aromatic ring is 1. The van der Waals surface area contributed by atoms with Gasteiger partial charge in [0.15, 0.2) is 5.65 Å². The van der Waals surface area contributed by atoms with Gasteiger partial charge in [0.2, 0.25) is 0 Å². The van der Waals surface area contributed by atoms with Crippen molar-refractivity contribution < 1.29 is 9.59 Å². The van der Waals surface area contributed by atoms with E-state index >= 15 is 0 Å². The third-order valence-corrected chi connectivity index (χ3v) is 5.10. The number of benzene rings is 1. The van der Waals surface area contributed by atoms with Crippen molar-refractivity contribution in [3.8, 4) is 23.1 Å². The molecule has 146 valence electrons. The van der Waals surface area contributed by atoms with Crippen molar-refractivity contribution in [3.63, 3.8) is 0 Å². The summed E-state index contributed by atoms with van der Waals surface area (Å²) in [6, 6.07) is 7.09. The molecule has 0 spiro atoms. The first-order chi connectivity index (χ1) is 14.1. The molecule has 0 radical (unpaired) electrons. The second-order valence-corrected chi connectivity index (χ2v) is 6.91. The van der Waals surface area contributed by atoms with Crippen LogP contribution in [-0.2, 0) is 4.79 Å². The Morgan fingerprint density at radius 1 is 1.28 bits per heavy atom. The first kappa shape index (κ1) is 18.6. The van der Waals surface area contributed by atoms with Gasteiger partial charge in [-0.2, -0.15) is 5.10 Å². The standard InChI is InChI=1S/C21H20N6O2/c1-2-4-17(29)26-10-3-5-16(11-26)27-21-18(20(22)23-13-24-21)19(25-27)15-8-6-14(12-28)7-9-15/h6-9,12-13,16H,3,5,10-11H2,1H3,(H2,22,23,24). The van der Waals surface area contributed by atoms with Crippen LogP contribution in [0.1, 0.15) is 36.2 Å². The zero-order valence-electron chi connectivity index (χ0n) is 16.0. The molecule has 0 saturated carbocycles. The van der Waals surface area contributed by atoms with Gasteiger partial charge in [-0.25, -0.2) is 14.6 Å². The van der Waals surface area contributed by atoms with Crippen LogP contribution >= 0.6 is 0 Å². The highest BCUT2D eigenvalue weighted by Crippen LogP contribution is 2.33. The highest BCUT2D eigenvalue weighted by molar-refractivity contribution is 5.98. The molecule has 1 aromatic carbocycles. The number of carbonyl (C=O) groups is 2. The summed E-state index contributed by atoms with van der Waals surface area (Å²) in [4.78, 5) is 33.5. The number of nitrogens with zero attached hydrogens (tertiary/aromatic N) is 5. The van der Waals surface area contributed by atoms with Gasteiger partial charge in [-0.15, -0.1) is 0 Å². The molecule has 3 aromatic rings. The van der Waals surface area contributed by atoms with Crippen molar-refractivity contribution in [2.24, 2.45) is 0 Å². The van der Waals surface area contributed by atoms with Crippen molar-refractivity contribution in [3.05, 3.63) is 36.2 Å². The van der Waals surface area contributed by atoms with Crippen LogP contribution < -0.4 is 5.73 Å². The van der Waals surface area contributed by atoms with Crippen molar-refractivity contribution in [2.45, 2.75) is 25.8 Å². The van der Waals surface area contributed by atoms with Crippen molar-refractivity contribution in [2.75, 3.05) is 18.8 Å². The zero-order chi connectivity index (χ0) is 20.4. The molecule has 0 bridgehead atoms. The van der Waals surface area contributed by atoms with Crippen LogP contribution in [0.15, 0.2) is 30.6 Å². The lowest BCUT2D eigenvalue weighted by molar-refractivity contribution is -0.126. The van der Waals surface area contributed by atoms with Crippen LogP contribution in [0.4, 0.5) is 5.82 Å². The number of amides is 1. The van der Waals surface area contributed by atoms with Crippen LogP contribution in [0.2, 0.25) is 0 Å². The maximum absolute atomic E-state index is 12.2. The van der Waals surface area contributed by atoms with E-state index in [0.29, 0.717) is 41.2 Å². The van der Waals surface area contributed by atoms with Gasteiger partial charge >= 0.3 is 0 Å². The molecule has 2 N–H and O–H groups in total. The predicted octanol–water partition coefficient (Wildman–Crippen LogP) is 2.07. The van der Waals surface area contributed by atoms with Crippen molar-refractivity contribution in [1.82, 2.24) is 24.6 Å².